The third-order valence-electron chi connectivity index (χ3n) is 3.92. The average molecular weight is 291 g/mol. The highest BCUT2D eigenvalue weighted by molar-refractivity contribution is 5.08. The zero-order valence-electron chi connectivity index (χ0n) is 11.4. The summed E-state index contributed by atoms with van der Waals surface area (Å²) >= 11 is 0. The Balaban J connectivity index is 1.88. The Hall–Kier alpha value is -1.01. The highest BCUT2D eigenvalue weighted by Crippen LogP contribution is 2.37. The van der Waals surface area contributed by atoms with Gasteiger partial charge in [-0.2, -0.15) is 13.2 Å². The number of halogens is 3. The molecule has 3 nitrogen and oxygen atoms in total. The average Bonchev–Trinajstić information content (AvgIpc) is 2.90. The van der Waals surface area contributed by atoms with Crippen LogP contribution in [0.4, 0.5) is 13.2 Å². The van der Waals surface area contributed by atoms with Crippen LogP contribution in [0.25, 0.3) is 0 Å². The van der Waals surface area contributed by atoms with Crippen LogP contribution >= 0.6 is 0 Å². The van der Waals surface area contributed by atoms with Gasteiger partial charge in [-0.25, -0.2) is 0 Å². The van der Waals surface area contributed by atoms with Crippen molar-refractivity contribution in [1.29, 1.82) is 0 Å². The number of aliphatic hydroxyl groups is 1. The normalized spacial score (nSPS) is 27.2. The van der Waals surface area contributed by atoms with Gasteiger partial charge in [-0.3, -0.25) is 0 Å². The summed E-state index contributed by atoms with van der Waals surface area (Å²) < 4.78 is 43.3. The van der Waals surface area contributed by atoms with E-state index in [2.05, 4.69) is 5.32 Å². The van der Waals surface area contributed by atoms with Crippen LogP contribution in [0.15, 0.2) is 22.8 Å². The first-order valence-electron chi connectivity index (χ1n) is 6.85. The quantitative estimate of drug-likeness (QED) is 0.895. The second-order valence-electron chi connectivity index (χ2n) is 5.73. The molecule has 0 aliphatic heterocycles. The lowest BCUT2D eigenvalue weighted by Crippen LogP contribution is -2.44. The third kappa shape index (κ3) is 3.76. The van der Waals surface area contributed by atoms with Crippen molar-refractivity contribution >= 4 is 0 Å². The first kappa shape index (κ1) is 15.4. The molecule has 2 rings (SSSR count). The van der Waals surface area contributed by atoms with Crippen LogP contribution in [-0.2, 0) is 5.60 Å². The van der Waals surface area contributed by atoms with Crippen LogP contribution in [0.1, 0.15) is 38.4 Å². The molecule has 1 aromatic rings. The molecule has 0 amide bonds. The van der Waals surface area contributed by atoms with Crippen molar-refractivity contribution in [3.63, 3.8) is 0 Å². The van der Waals surface area contributed by atoms with Crippen LogP contribution in [0.5, 0.6) is 0 Å². The van der Waals surface area contributed by atoms with E-state index in [1.165, 1.54) is 6.26 Å². The Morgan fingerprint density at radius 2 is 2.15 bits per heavy atom. The number of alkyl halides is 3. The standard InChI is InChI=1S/C14H20F3NO2/c1-13(19,12-6-3-7-20-12)9-18-11-5-2-4-10(8-11)14(15,16)17/h3,6-7,10-11,18-19H,2,4-5,8-9H2,1H3/t10-,11-,13+/m1/s1. The molecule has 0 spiro atoms. The van der Waals surface area contributed by atoms with Crippen LogP contribution in [0, 0.1) is 5.92 Å². The van der Waals surface area contributed by atoms with Crippen LogP contribution in [0.2, 0.25) is 0 Å². The SMILES string of the molecule is C[C@](O)(CN[C@@H]1CCC[C@@H](C(F)(F)F)C1)c1ccco1. The lowest BCUT2D eigenvalue weighted by Gasteiger charge is -2.33. The number of furan rings is 1. The van der Waals surface area contributed by atoms with Crippen molar-refractivity contribution in [2.45, 2.75) is 50.4 Å². The molecule has 0 saturated heterocycles. The minimum absolute atomic E-state index is 0.0811. The van der Waals surface area contributed by atoms with E-state index in [0.717, 1.165) is 0 Å². The maximum atomic E-state index is 12.7. The molecule has 1 aromatic heterocycles. The van der Waals surface area contributed by atoms with Gasteiger partial charge in [0.1, 0.15) is 11.4 Å². The zero-order valence-corrected chi connectivity index (χ0v) is 11.4. The van der Waals surface area contributed by atoms with Crippen molar-refractivity contribution in [3.05, 3.63) is 24.2 Å². The highest BCUT2D eigenvalue weighted by Gasteiger charge is 2.42. The van der Waals surface area contributed by atoms with Crippen molar-refractivity contribution in [3.8, 4) is 0 Å². The molecule has 1 aliphatic carbocycles. The van der Waals surface area contributed by atoms with E-state index in [0.29, 0.717) is 18.6 Å². The smallest absolute Gasteiger partial charge is 0.391 e. The van der Waals surface area contributed by atoms with Gasteiger partial charge in [0.2, 0.25) is 0 Å². The van der Waals surface area contributed by atoms with Crippen molar-refractivity contribution in [2.75, 3.05) is 6.54 Å². The Kier molecular flexibility index (Phi) is 4.44. The minimum atomic E-state index is -4.12. The Morgan fingerprint density at radius 3 is 2.75 bits per heavy atom. The molecule has 0 bridgehead atoms. The molecule has 2 N–H and O–H groups in total. The third-order valence-corrected chi connectivity index (χ3v) is 3.92. The summed E-state index contributed by atoms with van der Waals surface area (Å²) in [4.78, 5) is 0. The molecule has 0 aromatic carbocycles. The fraction of sp³-hybridized carbons (Fsp3) is 0.714. The second kappa shape index (κ2) is 5.77. The maximum Gasteiger partial charge on any atom is 0.391 e. The van der Waals surface area contributed by atoms with Crippen LogP contribution < -0.4 is 5.32 Å². The van der Waals surface area contributed by atoms with Gasteiger partial charge in [-0.15, -0.1) is 0 Å². The monoisotopic (exact) mass is 291 g/mol. The van der Waals surface area contributed by atoms with Gasteiger partial charge in [-0.1, -0.05) is 6.42 Å². The van der Waals surface area contributed by atoms with Gasteiger partial charge < -0.3 is 14.8 Å². The summed E-state index contributed by atoms with van der Waals surface area (Å²) in [6.45, 7) is 1.76. The molecule has 1 heterocycles. The van der Waals surface area contributed by atoms with E-state index in [4.69, 9.17) is 4.42 Å². The minimum Gasteiger partial charge on any atom is -0.466 e. The molecule has 114 valence electrons. The number of nitrogens with one attached hydrogen (secondary N) is 1. The second-order valence-corrected chi connectivity index (χ2v) is 5.73. The summed E-state index contributed by atoms with van der Waals surface area (Å²) in [5.74, 6) is -0.824. The van der Waals surface area contributed by atoms with E-state index in [9.17, 15) is 18.3 Å². The molecular formula is C14H20F3NO2. The summed E-state index contributed by atoms with van der Waals surface area (Å²) in [6.07, 6.45) is -1.10. The molecular weight excluding hydrogens is 271 g/mol. The number of rotatable bonds is 4. The van der Waals surface area contributed by atoms with Gasteiger partial charge in [0.25, 0.3) is 0 Å². The highest BCUT2D eigenvalue weighted by atomic mass is 19.4. The van der Waals surface area contributed by atoms with E-state index in [-0.39, 0.29) is 25.4 Å². The van der Waals surface area contributed by atoms with Gasteiger partial charge in [-0.05, 0) is 38.3 Å². The predicted octanol–water partition coefficient (Wildman–Crippen LogP) is 3.20. The molecule has 0 radical (unpaired) electrons. The van der Waals surface area contributed by atoms with Crippen LogP contribution in [0.3, 0.4) is 0 Å². The molecule has 6 heteroatoms. The zero-order chi connectivity index (χ0) is 14.8. The molecule has 1 aliphatic rings. The first-order valence-corrected chi connectivity index (χ1v) is 6.85. The Bertz CT molecular complexity index is 415. The van der Waals surface area contributed by atoms with E-state index >= 15 is 0 Å². The van der Waals surface area contributed by atoms with E-state index in [1.54, 1.807) is 19.1 Å². The maximum absolute atomic E-state index is 12.7. The van der Waals surface area contributed by atoms with E-state index in [1.807, 2.05) is 0 Å². The van der Waals surface area contributed by atoms with Crippen molar-refractivity contribution < 1.29 is 22.7 Å². The van der Waals surface area contributed by atoms with E-state index < -0.39 is 17.7 Å². The van der Waals surface area contributed by atoms with Gasteiger partial charge in [0.05, 0.1) is 12.2 Å². The summed E-state index contributed by atoms with van der Waals surface area (Å²) in [5.41, 5.74) is -1.21. The Labute approximate surface area is 116 Å². The molecule has 1 saturated carbocycles. The largest absolute Gasteiger partial charge is 0.466 e. The molecule has 3 atom stereocenters. The lowest BCUT2D eigenvalue weighted by molar-refractivity contribution is -0.183. The summed E-state index contributed by atoms with van der Waals surface area (Å²) in [5, 5.41) is 13.3. The van der Waals surface area contributed by atoms with Gasteiger partial charge in [0, 0.05) is 12.6 Å². The fourth-order valence-corrected chi connectivity index (χ4v) is 2.69. The van der Waals surface area contributed by atoms with Crippen LogP contribution in [-0.4, -0.2) is 23.9 Å². The number of hydrogen-bond acceptors (Lipinski definition) is 3. The summed E-state index contributed by atoms with van der Waals surface area (Å²) in [7, 11) is 0. The summed E-state index contributed by atoms with van der Waals surface area (Å²) in [6, 6.07) is 3.11. The topological polar surface area (TPSA) is 45.4 Å². The fourth-order valence-electron chi connectivity index (χ4n) is 2.69. The van der Waals surface area contributed by atoms with Gasteiger partial charge in [0.15, 0.2) is 0 Å². The first-order chi connectivity index (χ1) is 9.29. The van der Waals surface area contributed by atoms with Gasteiger partial charge >= 0.3 is 6.18 Å². The van der Waals surface area contributed by atoms with Crippen molar-refractivity contribution in [2.24, 2.45) is 5.92 Å². The predicted molar refractivity (Wildman–Crippen MR) is 68.1 cm³/mol. The molecule has 20 heavy (non-hydrogen) atoms. The molecule has 0 unspecified atom stereocenters. The Morgan fingerprint density at radius 1 is 1.40 bits per heavy atom. The lowest BCUT2D eigenvalue weighted by atomic mass is 9.85. The van der Waals surface area contributed by atoms with Crippen molar-refractivity contribution in [1.82, 2.24) is 5.32 Å². The number of hydrogen-bond donors (Lipinski definition) is 2. The molecule has 1 fully saturated rings.